The van der Waals surface area contributed by atoms with E-state index in [0.717, 1.165) is 37.8 Å². The standard InChI is InChI=1S/C15H24N2O3/c1-2-17(13-5-3-4-6-13)14(18)11-16(12-7-8-12)10-9-15(19)20/h5,12H,2-4,6-11H2,1H3,(H,19,20). The highest BCUT2D eigenvalue weighted by Crippen LogP contribution is 2.27. The maximum Gasteiger partial charge on any atom is 0.304 e. The largest absolute Gasteiger partial charge is 0.481 e. The minimum atomic E-state index is -0.797. The number of rotatable bonds is 8. The number of likely N-dealkylation sites (N-methyl/N-ethyl adjacent to an activating group) is 1. The Morgan fingerprint density at radius 2 is 2.15 bits per heavy atom. The number of carboxylic acid groups (broad SMARTS) is 1. The second-order valence-corrected chi connectivity index (χ2v) is 5.57. The molecule has 2 aliphatic rings. The second-order valence-electron chi connectivity index (χ2n) is 5.57. The lowest BCUT2D eigenvalue weighted by Gasteiger charge is -2.27. The Hall–Kier alpha value is -1.36. The van der Waals surface area contributed by atoms with Crippen LogP contribution in [0.15, 0.2) is 11.8 Å². The summed E-state index contributed by atoms with van der Waals surface area (Å²) in [7, 11) is 0. The third kappa shape index (κ3) is 4.07. The molecule has 0 heterocycles. The molecule has 2 aliphatic carbocycles. The molecule has 2 rings (SSSR count). The number of hydrogen-bond donors (Lipinski definition) is 1. The fourth-order valence-corrected chi connectivity index (χ4v) is 2.77. The number of carboxylic acids is 1. The molecule has 0 radical (unpaired) electrons. The molecule has 0 saturated heterocycles. The Kier molecular flexibility index (Phi) is 5.17. The van der Waals surface area contributed by atoms with Crippen LogP contribution < -0.4 is 0 Å². The number of hydrogen-bond acceptors (Lipinski definition) is 3. The van der Waals surface area contributed by atoms with E-state index in [0.29, 0.717) is 25.7 Å². The molecule has 112 valence electrons. The summed E-state index contributed by atoms with van der Waals surface area (Å²) < 4.78 is 0. The predicted octanol–water partition coefficient (Wildman–Crippen LogP) is 1.84. The molecule has 0 spiro atoms. The van der Waals surface area contributed by atoms with Gasteiger partial charge in [-0.3, -0.25) is 14.5 Å². The lowest BCUT2D eigenvalue weighted by atomic mass is 10.3. The van der Waals surface area contributed by atoms with Gasteiger partial charge in [0.05, 0.1) is 13.0 Å². The third-order valence-electron chi connectivity index (χ3n) is 4.00. The first-order chi connectivity index (χ1) is 9.61. The van der Waals surface area contributed by atoms with Gasteiger partial charge in [-0.15, -0.1) is 0 Å². The molecule has 1 amide bonds. The molecule has 5 nitrogen and oxygen atoms in total. The van der Waals surface area contributed by atoms with Crippen molar-refractivity contribution in [3.63, 3.8) is 0 Å². The molecular formula is C15H24N2O3. The van der Waals surface area contributed by atoms with Crippen LogP contribution in [0.5, 0.6) is 0 Å². The summed E-state index contributed by atoms with van der Waals surface area (Å²) >= 11 is 0. The molecule has 20 heavy (non-hydrogen) atoms. The highest BCUT2D eigenvalue weighted by atomic mass is 16.4. The molecular weight excluding hydrogens is 256 g/mol. The first kappa shape index (κ1) is 15.0. The van der Waals surface area contributed by atoms with Gasteiger partial charge in [-0.2, -0.15) is 0 Å². The zero-order chi connectivity index (χ0) is 14.5. The van der Waals surface area contributed by atoms with E-state index in [1.165, 1.54) is 0 Å². The van der Waals surface area contributed by atoms with Crippen molar-refractivity contribution < 1.29 is 14.7 Å². The van der Waals surface area contributed by atoms with Crippen molar-refractivity contribution in [2.45, 2.75) is 51.5 Å². The van der Waals surface area contributed by atoms with E-state index < -0.39 is 5.97 Å². The van der Waals surface area contributed by atoms with E-state index in [-0.39, 0.29) is 12.3 Å². The number of carbonyl (C=O) groups is 2. The SMILES string of the molecule is CCN(C(=O)CN(CCC(=O)O)C1CC1)C1=CCCC1. The summed E-state index contributed by atoms with van der Waals surface area (Å²) in [5, 5.41) is 8.80. The molecule has 0 aromatic heterocycles. The highest BCUT2D eigenvalue weighted by molar-refractivity contribution is 5.80. The first-order valence-electron chi connectivity index (χ1n) is 7.57. The second kappa shape index (κ2) is 6.88. The van der Waals surface area contributed by atoms with Crippen LogP contribution in [0.4, 0.5) is 0 Å². The van der Waals surface area contributed by atoms with Crippen LogP contribution in [-0.2, 0) is 9.59 Å². The molecule has 0 bridgehead atoms. The molecule has 1 N–H and O–H groups in total. The van der Waals surface area contributed by atoms with Crippen LogP contribution in [0.25, 0.3) is 0 Å². The quantitative estimate of drug-likeness (QED) is 0.737. The number of allylic oxidation sites excluding steroid dienone is 2. The molecule has 1 fully saturated rings. The van der Waals surface area contributed by atoms with Gasteiger partial charge in [0.2, 0.25) is 5.91 Å². The zero-order valence-corrected chi connectivity index (χ0v) is 12.2. The van der Waals surface area contributed by atoms with E-state index in [4.69, 9.17) is 5.11 Å². The highest BCUT2D eigenvalue weighted by Gasteiger charge is 2.31. The van der Waals surface area contributed by atoms with Crippen LogP contribution in [-0.4, -0.2) is 52.5 Å². The summed E-state index contributed by atoms with van der Waals surface area (Å²) in [6.07, 6.45) is 7.61. The topological polar surface area (TPSA) is 60.9 Å². The average Bonchev–Trinajstić information content (AvgIpc) is 3.12. The van der Waals surface area contributed by atoms with Crippen LogP contribution in [0, 0.1) is 0 Å². The van der Waals surface area contributed by atoms with Gasteiger partial charge >= 0.3 is 5.97 Å². The van der Waals surface area contributed by atoms with Crippen molar-refractivity contribution in [1.29, 1.82) is 0 Å². The van der Waals surface area contributed by atoms with E-state index >= 15 is 0 Å². The van der Waals surface area contributed by atoms with Gasteiger partial charge in [0.25, 0.3) is 0 Å². The smallest absolute Gasteiger partial charge is 0.304 e. The van der Waals surface area contributed by atoms with Crippen molar-refractivity contribution in [1.82, 2.24) is 9.80 Å². The maximum absolute atomic E-state index is 12.4. The minimum absolute atomic E-state index is 0.109. The van der Waals surface area contributed by atoms with Gasteiger partial charge in [0, 0.05) is 24.8 Å². The van der Waals surface area contributed by atoms with Crippen LogP contribution in [0.2, 0.25) is 0 Å². The number of aliphatic carboxylic acids is 1. The minimum Gasteiger partial charge on any atom is -0.481 e. The lowest BCUT2D eigenvalue weighted by Crippen LogP contribution is -2.41. The summed E-state index contributed by atoms with van der Waals surface area (Å²) in [6.45, 7) is 3.52. The van der Waals surface area contributed by atoms with E-state index in [2.05, 4.69) is 6.08 Å². The normalized spacial score (nSPS) is 18.2. The molecule has 1 saturated carbocycles. The van der Waals surface area contributed by atoms with Gasteiger partial charge in [-0.1, -0.05) is 6.08 Å². The van der Waals surface area contributed by atoms with Crippen molar-refractivity contribution in [2.24, 2.45) is 0 Å². The lowest BCUT2D eigenvalue weighted by molar-refractivity contribution is -0.138. The summed E-state index contributed by atoms with van der Waals surface area (Å²) in [5.41, 5.74) is 1.14. The van der Waals surface area contributed by atoms with E-state index in [9.17, 15) is 9.59 Å². The van der Waals surface area contributed by atoms with Gasteiger partial charge < -0.3 is 10.0 Å². The number of amides is 1. The van der Waals surface area contributed by atoms with Crippen LogP contribution in [0.3, 0.4) is 0 Å². The molecule has 0 aliphatic heterocycles. The number of carbonyl (C=O) groups excluding carboxylic acids is 1. The Bertz CT molecular complexity index is 402. The average molecular weight is 280 g/mol. The van der Waals surface area contributed by atoms with Gasteiger partial charge in [-0.05, 0) is 39.0 Å². The Morgan fingerprint density at radius 3 is 2.65 bits per heavy atom. The van der Waals surface area contributed by atoms with Gasteiger partial charge in [0.15, 0.2) is 0 Å². The molecule has 0 aromatic carbocycles. The van der Waals surface area contributed by atoms with Crippen molar-refractivity contribution in [2.75, 3.05) is 19.6 Å². The van der Waals surface area contributed by atoms with Crippen LogP contribution in [0.1, 0.15) is 45.4 Å². The fraction of sp³-hybridized carbons (Fsp3) is 0.733. The number of nitrogens with zero attached hydrogens (tertiary/aromatic N) is 2. The van der Waals surface area contributed by atoms with Crippen LogP contribution >= 0.6 is 0 Å². The predicted molar refractivity (Wildman–Crippen MR) is 76.2 cm³/mol. The molecule has 0 atom stereocenters. The van der Waals surface area contributed by atoms with Crippen molar-refractivity contribution in [3.8, 4) is 0 Å². The van der Waals surface area contributed by atoms with Crippen molar-refractivity contribution >= 4 is 11.9 Å². The van der Waals surface area contributed by atoms with Crippen molar-refractivity contribution in [3.05, 3.63) is 11.8 Å². The molecule has 5 heteroatoms. The summed E-state index contributed by atoms with van der Waals surface area (Å²) in [5.74, 6) is -0.688. The Morgan fingerprint density at radius 1 is 1.40 bits per heavy atom. The monoisotopic (exact) mass is 280 g/mol. The zero-order valence-electron chi connectivity index (χ0n) is 12.2. The maximum atomic E-state index is 12.4. The summed E-state index contributed by atoms with van der Waals surface area (Å²) in [6, 6.07) is 0.412. The first-order valence-corrected chi connectivity index (χ1v) is 7.57. The fourth-order valence-electron chi connectivity index (χ4n) is 2.77. The summed E-state index contributed by atoms with van der Waals surface area (Å²) in [4.78, 5) is 27.0. The van der Waals surface area contributed by atoms with Gasteiger partial charge in [-0.25, -0.2) is 0 Å². The van der Waals surface area contributed by atoms with Gasteiger partial charge in [0.1, 0.15) is 0 Å². The Balaban J connectivity index is 1.90. The van der Waals surface area contributed by atoms with E-state index in [1.54, 1.807) is 0 Å². The van der Waals surface area contributed by atoms with E-state index in [1.807, 2.05) is 16.7 Å². The molecule has 0 aromatic rings. The Labute approximate surface area is 120 Å². The molecule has 0 unspecified atom stereocenters. The third-order valence-corrected chi connectivity index (χ3v) is 4.00.